The molecule has 3 heterocycles. The van der Waals surface area contributed by atoms with Crippen molar-refractivity contribution < 1.29 is 28.8 Å². The molecule has 1 amide bonds. The first-order valence-corrected chi connectivity index (χ1v) is 15.0. The molecule has 0 spiro atoms. The van der Waals surface area contributed by atoms with Crippen molar-refractivity contribution in [2.24, 2.45) is 0 Å². The van der Waals surface area contributed by atoms with Gasteiger partial charge in [0.25, 0.3) is 5.91 Å². The Morgan fingerprint density at radius 3 is 2.09 bits per heavy atom. The van der Waals surface area contributed by atoms with E-state index in [2.05, 4.69) is 15.3 Å². The molecule has 3 aromatic carbocycles. The zero-order valence-corrected chi connectivity index (χ0v) is 25.9. The smallest absolute Gasteiger partial charge is 0.351 e. The van der Waals surface area contributed by atoms with Gasteiger partial charge >= 0.3 is 5.69 Å². The van der Waals surface area contributed by atoms with E-state index in [1.54, 1.807) is 32.4 Å². The van der Waals surface area contributed by atoms with Crippen molar-refractivity contribution >= 4 is 11.7 Å². The van der Waals surface area contributed by atoms with Crippen molar-refractivity contribution in [3.8, 4) is 11.5 Å². The molecular weight excluding hydrogens is 600 g/mol. The largest absolute Gasteiger partial charge is 0.497 e. The summed E-state index contributed by atoms with van der Waals surface area (Å²) in [7, 11) is 3.22. The SMILES string of the molecule is COc1ccc(C(OC[C@H]2O[C@@H](n3ccc(NC(=O)c4ccccn4)nc3=O)C[C@@H]2O)(c2ccccc2)c2ccc(OC)cc2)cc1. The van der Waals surface area contributed by atoms with Gasteiger partial charge in [-0.15, -0.1) is 0 Å². The molecule has 240 valence electrons. The van der Waals surface area contributed by atoms with Crippen LogP contribution < -0.4 is 20.5 Å². The lowest BCUT2D eigenvalue weighted by Crippen LogP contribution is -2.38. The summed E-state index contributed by atoms with van der Waals surface area (Å²) in [4.78, 5) is 33.5. The highest BCUT2D eigenvalue weighted by molar-refractivity contribution is 6.02. The van der Waals surface area contributed by atoms with Crippen molar-refractivity contribution in [3.63, 3.8) is 0 Å². The molecule has 11 nitrogen and oxygen atoms in total. The number of nitrogens with one attached hydrogen (secondary N) is 1. The minimum absolute atomic E-state index is 0.00891. The van der Waals surface area contributed by atoms with E-state index in [1.807, 2.05) is 78.9 Å². The number of nitrogens with zero attached hydrogens (tertiary/aromatic N) is 3. The molecule has 6 rings (SSSR count). The lowest BCUT2D eigenvalue weighted by atomic mass is 9.80. The topological polar surface area (TPSA) is 134 Å². The Kier molecular flexibility index (Phi) is 9.39. The molecule has 0 saturated carbocycles. The quantitative estimate of drug-likeness (QED) is 0.201. The van der Waals surface area contributed by atoms with Crippen LogP contribution in [0.15, 0.2) is 120 Å². The number of benzene rings is 3. The molecule has 1 saturated heterocycles. The molecule has 0 aliphatic carbocycles. The Labute approximate surface area is 271 Å². The number of ether oxygens (including phenoxy) is 4. The average Bonchev–Trinajstić information content (AvgIpc) is 3.49. The van der Waals surface area contributed by atoms with E-state index in [4.69, 9.17) is 18.9 Å². The van der Waals surface area contributed by atoms with Gasteiger partial charge in [0.2, 0.25) is 0 Å². The Balaban J connectivity index is 1.26. The second kappa shape index (κ2) is 14.0. The van der Waals surface area contributed by atoms with Crippen LogP contribution in [0.4, 0.5) is 5.82 Å². The van der Waals surface area contributed by atoms with Crippen LogP contribution in [0.3, 0.4) is 0 Å². The van der Waals surface area contributed by atoms with E-state index in [1.165, 1.54) is 23.0 Å². The molecule has 1 aliphatic heterocycles. The Morgan fingerprint density at radius 1 is 0.894 bits per heavy atom. The molecule has 0 unspecified atom stereocenters. The van der Waals surface area contributed by atoms with Crippen LogP contribution in [0.2, 0.25) is 0 Å². The van der Waals surface area contributed by atoms with Gasteiger partial charge in [0.05, 0.1) is 26.9 Å². The van der Waals surface area contributed by atoms with Crippen LogP contribution in [0.25, 0.3) is 0 Å². The zero-order chi connectivity index (χ0) is 32.8. The average molecular weight is 635 g/mol. The molecule has 47 heavy (non-hydrogen) atoms. The third-order valence-electron chi connectivity index (χ3n) is 8.12. The molecule has 1 aliphatic rings. The highest BCUT2D eigenvalue weighted by atomic mass is 16.6. The fourth-order valence-electron chi connectivity index (χ4n) is 5.70. The number of carbonyl (C=O) groups is 1. The molecule has 1 fully saturated rings. The summed E-state index contributed by atoms with van der Waals surface area (Å²) >= 11 is 0. The van der Waals surface area contributed by atoms with E-state index >= 15 is 0 Å². The van der Waals surface area contributed by atoms with Gasteiger partial charge in [-0.1, -0.05) is 60.7 Å². The predicted octanol–water partition coefficient (Wildman–Crippen LogP) is 4.56. The van der Waals surface area contributed by atoms with E-state index in [0.717, 1.165) is 16.7 Å². The van der Waals surface area contributed by atoms with Crippen molar-refractivity contribution in [2.75, 3.05) is 26.1 Å². The summed E-state index contributed by atoms with van der Waals surface area (Å²) in [5.74, 6) is 0.982. The van der Waals surface area contributed by atoms with Crippen molar-refractivity contribution in [3.05, 3.63) is 148 Å². The number of carbonyl (C=O) groups excluding carboxylic acids is 1. The fraction of sp³-hybridized carbons (Fsp3) is 0.222. The zero-order valence-electron chi connectivity index (χ0n) is 25.9. The molecule has 0 radical (unpaired) electrons. The molecule has 11 heteroatoms. The summed E-state index contributed by atoms with van der Waals surface area (Å²) in [5, 5.41) is 13.7. The van der Waals surface area contributed by atoms with Gasteiger partial charge in [0.15, 0.2) is 0 Å². The first-order valence-electron chi connectivity index (χ1n) is 15.0. The number of hydrogen-bond donors (Lipinski definition) is 2. The van der Waals surface area contributed by atoms with Gasteiger partial charge < -0.3 is 29.4 Å². The molecule has 2 aromatic heterocycles. The number of pyridine rings is 1. The minimum atomic E-state index is -1.10. The minimum Gasteiger partial charge on any atom is -0.497 e. The second-order valence-corrected chi connectivity index (χ2v) is 10.9. The fourth-order valence-corrected chi connectivity index (χ4v) is 5.70. The summed E-state index contributed by atoms with van der Waals surface area (Å²) in [6, 6.07) is 31.5. The monoisotopic (exact) mass is 634 g/mol. The Bertz CT molecular complexity index is 1800. The van der Waals surface area contributed by atoms with Gasteiger partial charge in [-0.3, -0.25) is 14.3 Å². The van der Waals surface area contributed by atoms with Crippen molar-refractivity contribution in [1.82, 2.24) is 14.5 Å². The second-order valence-electron chi connectivity index (χ2n) is 10.9. The highest BCUT2D eigenvalue weighted by Gasteiger charge is 2.42. The third kappa shape index (κ3) is 6.63. The molecule has 5 aromatic rings. The molecule has 3 atom stereocenters. The number of aliphatic hydroxyl groups excluding tert-OH is 1. The predicted molar refractivity (Wildman–Crippen MR) is 173 cm³/mol. The Morgan fingerprint density at radius 2 is 1.51 bits per heavy atom. The standard InChI is InChI=1S/C36H34N4O7/c1-44-27-15-11-25(12-16-27)36(24-8-4-3-5-9-24,26-13-17-28(45-2)18-14-26)46-23-31-30(41)22-33(47-31)40-21-19-32(39-35(40)43)38-34(42)29-10-6-7-20-37-29/h3-21,30-31,33,41H,22-23H2,1-2H3,(H,38,39,42,43)/t30-,31+,33+/m0/s1. The van der Waals surface area contributed by atoms with Crippen molar-refractivity contribution in [1.29, 1.82) is 0 Å². The highest BCUT2D eigenvalue weighted by Crippen LogP contribution is 2.42. The van der Waals surface area contributed by atoms with Crippen LogP contribution >= 0.6 is 0 Å². The van der Waals surface area contributed by atoms with Crippen LogP contribution in [0.5, 0.6) is 11.5 Å². The maximum absolute atomic E-state index is 13.0. The number of methoxy groups -OCH3 is 2. The van der Waals surface area contributed by atoms with Gasteiger partial charge in [0, 0.05) is 18.8 Å². The number of aliphatic hydroxyl groups is 1. The maximum Gasteiger partial charge on any atom is 0.351 e. The van der Waals surface area contributed by atoms with E-state index < -0.39 is 35.6 Å². The first-order chi connectivity index (χ1) is 22.9. The lowest BCUT2D eigenvalue weighted by Gasteiger charge is -2.37. The van der Waals surface area contributed by atoms with Crippen LogP contribution in [0, 0.1) is 0 Å². The summed E-state index contributed by atoms with van der Waals surface area (Å²) in [5.41, 5.74) is 0.984. The number of amides is 1. The van der Waals surface area contributed by atoms with Crippen LogP contribution in [-0.2, 0) is 15.1 Å². The van der Waals surface area contributed by atoms with E-state index in [9.17, 15) is 14.7 Å². The number of anilines is 1. The lowest BCUT2D eigenvalue weighted by molar-refractivity contribution is -0.0944. The van der Waals surface area contributed by atoms with Crippen LogP contribution in [0.1, 0.15) is 39.8 Å². The van der Waals surface area contributed by atoms with Gasteiger partial charge in [-0.05, 0) is 59.2 Å². The molecular formula is C36H34N4O7. The number of hydrogen-bond acceptors (Lipinski definition) is 9. The first kappa shape index (κ1) is 31.6. The molecule has 2 N–H and O–H groups in total. The van der Waals surface area contributed by atoms with Gasteiger partial charge in [-0.2, -0.15) is 4.98 Å². The summed E-state index contributed by atoms with van der Waals surface area (Å²) < 4.78 is 25.2. The summed E-state index contributed by atoms with van der Waals surface area (Å²) in [6.45, 7) is -0.00891. The van der Waals surface area contributed by atoms with Crippen molar-refractivity contribution in [2.45, 2.75) is 30.5 Å². The Hall–Kier alpha value is -5.36. The molecule has 0 bridgehead atoms. The maximum atomic E-state index is 13.0. The van der Waals surface area contributed by atoms with E-state index in [-0.39, 0.29) is 24.5 Å². The van der Waals surface area contributed by atoms with Gasteiger partial charge in [-0.25, -0.2) is 4.79 Å². The number of rotatable bonds is 11. The van der Waals surface area contributed by atoms with Crippen LogP contribution in [-0.4, -0.2) is 58.6 Å². The summed E-state index contributed by atoms with van der Waals surface area (Å²) in [6.07, 6.45) is 0.616. The number of aromatic nitrogens is 3. The normalized spacial score (nSPS) is 17.6. The van der Waals surface area contributed by atoms with Gasteiger partial charge in [0.1, 0.15) is 40.9 Å². The van der Waals surface area contributed by atoms with E-state index in [0.29, 0.717) is 11.5 Å². The third-order valence-corrected chi connectivity index (χ3v) is 8.12.